The number of carbonyl (C=O) groups excluding carboxylic acids is 1. The van der Waals surface area contributed by atoms with Crippen molar-refractivity contribution in [3.63, 3.8) is 0 Å². The number of nitrogens with one attached hydrogen (secondary N) is 1. The van der Waals surface area contributed by atoms with E-state index in [-0.39, 0.29) is 5.97 Å². The standard InChI is InChI=1S/C16H18N2O2/c1-11-5-3-4-6-13(11)10-18-15-9-12(16(19)20-2)7-8-14(15)17/h3-9,18H,10,17H2,1-2H3. The fraction of sp³-hybridized carbons (Fsp3) is 0.188. The summed E-state index contributed by atoms with van der Waals surface area (Å²) >= 11 is 0. The van der Waals surface area contributed by atoms with Gasteiger partial charge in [0, 0.05) is 6.54 Å². The monoisotopic (exact) mass is 270 g/mol. The number of rotatable bonds is 4. The SMILES string of the molecule is COC(=O)c1ccc(N)c(NCc2ccccc2C)c1. The second-order valence-corrected chi connectivity index (χ2v) is 4.57. The van der Waals surface area contributed by atoms with Crippen molar-refractivity contribution in [1.29, 1.82) is 0 Å². The summed E-state index contributed by atoms with van der Waals surface area (Å²) in [5.74, 6) is -0.371. The lowest BCUT2D eigenvalue weighted by Gasteiger charge is -2.12. The van der Waals surface area contributed by atoms with Gasteiger partial charge in [0.15, 0.2) is 0 Å². The van der Waals surface area contributed by atoms with Gasteiger partial charge in [0.25, 0.3) is 0 Å². The molecule has 0 unspecified atom stereocenters. The summed E-state index contributed by atoms with van der Waals surface area (Å²) in [5.41, 5.74) is 10.1. The summed E-state index contributed by atoms with van der Waals surface area (Å²) in [7, 11) is 1.36. The maximum atomic E-state index is 11.5. The van der Waals surface area contributed by atoms with Crippen LogP contribution in [0.25, 0.3) is 0 Å². The number of aryl methyl sites for hydroxylation is 1. The molecule has 0 amide bonds. The van der Waals surface area contributed by atoms with Gasteiger partial charge < -0.3 is 15.8 Å². The normalized spacial score (nSPS) is 10.1. The minimum Gasteiger partial charge on any atom is -0.465 e. The van der Waals surface area contributed by atoms with Gasteiger partial charge in [-0.2, -0.15) is 0 Å². The second kappa shape index (κ2) is 6.10. The topological polar surface area (TPSA) is 64.3 Å². The number of hydrogen-bond acceptors (Lipinski definition) is 4. The average Bonchev–Trinajstić information content (AvgIpc) is 2.47. The van der Waals surface area contributed by atoms with Crippen LogP contribution in [0.5, 0.6) is 0 Å². The molecule has 2 aromatic carbocycles. The van der Waals surface area contributed by atoms with Crippen LogP contribution in [0.4, 0.5) is 11.4 Å². The molecule has 0 fully saturated rings. The van der Waals surface area contributed by atoms with E-state index in [1.54, 1.807) is 18.2 Å². The molecular weight excluding hydrogens is 252 g/mol. The summed E-state index contributed by atoms with van der Waals surface area (Å²) in [5, 5.41) is 3.26. The first-order valence-corrected chi connectivity index (χ1v) is 6.38. The first kappa shape index (κ1) is 13.9. The molecule has 20 heavy (non-hydrogen) atoms. The van der Waals surface area contributed by atoms with E-state index in [9.17, 15) is 4.79 Å². The van der Waals surface area contributed by atoms with Gasteiger partial charge in [-0.1, -0.05) is 24.3 Å². The third-order valence-electron chi connectivity index (χ3n) is 3.20. The van der Waals surface area contributed by atoms with E-state index < -0.39 is 0 Å². The summed E-state index contributed by atoms with van der Waals surface area (Å²) in [6, 6.07) is 13.2. The molecule has 0 aromatic heterocycles. The van der Waals surface area contributed by atoms with E-state index in [0.717, 1.165) is 5.69 Å². The number of carbonyl (C=O) groups is 1. The van der Waals surface area contributed by atoms with Crippen molar-refractivity contribution in [2.75, 3.05) is 18.2 Å². The van der Waals surface area contributed by atoms with Crippen molar-refractivity contribution < 1.29 is 9.53 Å². The van der Waals surface area contributed by atoms with Crippen LogP contribution in [-0.4, -0.2) is 13.1 Å². The summed E-state index contributed by atoms with van der Waals surface area (Å²) in [6.07, 6.45) is 0. The van der Waals surface area contributed by atoms with Gasteiger partial charge in [0.1, 0.15) is 0 Å². The lowest BCUT2D eigenvalue weighted by molar-refractivity contribution is 0.0601. The zero-order valence-electron chi connectivity index (χ0n) is 11.6. The molecule has 0 aliphatic carbocycles. The number of ether oxygens (including phenoxy) is 1. The molecular formula is C16H18N2O2. The Labute approximate surface area is 118 Å². The minimum absolute atomic E-state index is 0.371. The molecule has 4 heteroatoms. The first-order valence-electron chi connectivity index (χ1n) is 6.38. The molecule has 0 aliphatic heterocycles. The Morgan fingerprint density at radius 2 is 2.00 bits per heavy atom. The van der Waals surface area contributed by atoms with Crippen LogP contribution >= 0.6 is 0 Å². The number of nitrogen functional groups attached to an aromatic ring is 1. The molecule has 0 saturated heterocycles. The molecule has 0 aliphatic rings. The average molecular weight is 270 g/mol. The van der Waals surface area contributed by atoms with Gasteiger partial charge in [0.2, 0.25) is 0 Å². The Kier molecular flexibility index (Phi) is 4.25. The molecule has 2 rings (SSSR count). The fourth-order valence-corrected chi connectivity index (χ4v) is 1.95. The maximum absolute atomic E-state index is 11.5. The van der Waals surface area contributed by atoms with Gasteiger partial charge >= 0.3 is 5.97 Å². The maximum Gasteiger partial charge on any atom is 0.337 e. The van der Waals surface area contributed by atoms with Crippen LogP contribution < -0.4 is 11.1 Å². The van der Waals surface area contributed by atoms with Gasteiger partial charge in [-0.15, -0.1) is 0 Å². The summed E-state index contributed by atoms with van der Waals surface area (Å²) in [4.78, 5) is 11.5. The minimum atomic E-state index is -0.371. The van der Waals surface area contributed by atoms with Crippen molar-refractivity contribution in [3.8, 4) is 0 Å². The molecule has 0 heterocycles. The van der Waals surface area contributed by atoms with E-state index in [1.165, 1.54) is 18.2 Å². The van der Waals surface area contributed by atoms with Gasteiger partial charge in [-0.05, 0) is 36.2 Å². The largest absolute Gasteiger partial charge is 0.465 e. The molecule has 0 spiro atoms. The zero-order chi connectivity index (χ0) is 14.5. The Bertz CT molecular complexity index is 624. The van der Waals surface area contributed by atoms with Crippen LogP contribution in [0.2, 0.25) is 0 Å². The number of esters is 1. The van der Waals surface area contributed by atoms with Crippen LogP contribution in [0, 0.1) is 6.92 Å². The van der Waals surface area contributed by atoms with Crippen molar-refractivity contribution in [1.82, 2.24) is 0 Å². The Morgan fingerprint density at radius 1 is 1.25 bits per heavy atom. The quantitative estimate of drug-likeness (QED) is 0.662. The van der Waals surface area contributed by atoms with Crippen molar-refractivity contribution in [2.45, 2.75) is 13.5 Å². The summed E-state index contributed by atoms with van der Waals surface area (Å²) < 4.78 is 4.71. The Morgan fingerprint density at radius 3 is 2.70 bits per heavy atom. The van der Waals surface area contributed by atoms with Crippen LogP contribution in [0.15, 0.2) is 42.5 Å². The summed E-state index contributed by atoms with van der Waals surface area (Å²) in [6.45, 7) is 2.72. The molecule has 0 bridgehead atoms. The number of benzene rings is 2. The van der Waals surface area contributed by atoms with Crippen LogP contribution in [0.3, 0.4) is 0 Å². The van der Waals surface area contributed by atoms with Gasteiger partial charge in [0.05, 0.1) is 24.0 Å². The van der Waals surface area contributed by atoms with Gasteiger partial charge in [-0.3, -0.25) is 0 Å². The predicted molar refractivity (Wildman–Crippen MR) is 80.7 cm³/mol. The molecule has 104 valence electrons. The molecule has 3 N–H and O–H groups in total. The van der Waals surface area contributed by atoms with E-state index in [0.29, 0.717) is 17.8 Å². The van der Waals surface area contributed by atoms with E-state index in [1.807, 2.05) is 12.1 Å². The lowest BCUT2D eigenvalue weighted by Crippen LogP contribution is -2.07. The van der Waals surface area contributed by atoms with Crippen molar-refractivity contribution in [3.05, 3.63) is 59.2 Å². The highest BCUT2D eigenvalue weighted by Gasteiger charge is 2.08. The lowest BCUT2D eigenvalue weighted by atomic mass is 10.1. The van der Waals surface area contributed by atoms with E-state index in [4.69, 9.17) is 10.5 Å². The molecule has 0 saturated carbocycles. The van der Waals surface area contributed by atoms with E-state index >= 15 is 0 Å². The predicted octanol–water partition coefficient (Wildman–Crippen LogP) is 2.98. The molecule has 0 radical (unpaired) electrons. The number of nitrogens with two attached hydrogens (primary N) is 1. The first-order chi connectivity index (χ1) is 9.61. The highest BCUT2D eigenvalue weighted by Crippen LogP contribution is 2.21. The van der Waals surface area contributed by atoms with Gasteiger partial charge in [-0.25, -0.2) is 4.79 Å². The van der Waals surface area contributed by atoms with Crippen LogP contribution in [-0.2, 0) is 11.3 Å². The van der Waals surface area contributed by atoms with Crippen LogP contribution in [0.1, 0.15) is 21.5 Å². The second-order valence-electron chi connectivity index (χ2n) is 4.57. The number of hydrogen-bond donors (Lipinski definition) is 2. The number of anilines is 2. The highest BCUT2D eigenvalue weighted by molar-refractivity contribution is 5.91. The van der Waals surface area contributed by atoms with E-state index in [2.05, 4.69) is 24.4 Å². The number of methoxy groups -OCH3 is 1. The highest BCUT2D eigenvalue weighted by atomic mass is 16.5. The Balaban J connectivity index is 2.17. The molecule has 4 nitrogen and oxygen atoms in total. The van der Waals surface area contributed by atoms with Crippen molar-refractivity contribution >= 4 is 17.3 Å². The molecule has 0 atom stereocenters. The third kappa shape index (κ3) is 3.09. The third-order valence-corrected chi connectivity index (χ3v) is 3.20. The fourth-order valence-electron chi connectivity index (χ4n) is 1.95. The van der Waals surface area contributed by atoms with Crippen molar-refractivity contribution in [2.24, 2.45) is 0 Å². The smallest absolute Gasteiger partial charge is 0.337 e. The molecule has 2 aromatic rings. The zero-order valence-corrected chi connectivity index (χ0v) is 11.6. The Hall–Kier alpha value is -2.49.